The summed E-state index contributed by atoms with van der Waals surface area (Å²) in [5.74, 6) is -3.00. The number of rotatable bonds is 7. The monoisotopic (exact) mass is 603 g/mol. The molecule has 2 amide bonds. The fraction of sp³-hybridized carbons (Fsp3) is 0.481. The lowest BCUT2D eigenvalue weighted by molar-refractivity contribution is -0.124. The zero-order chi connectivity index (χ0) is 27.2. The van der Waals surface area contributed by atoms with E-state index in [-0.39, 0.29) is 41.3 Å². The molecule has 2 aliphatic heterocycles. The topological polar surface area (TPSA) is 111 Å². The van der Waals surface area contributed by atoms with Gasteiger partial charge in [-0.15, -0.1) is 12.4 Å². The highest BCUT2D eigenvalue weighted by Gasteiger charge is 2.67. The van der Waals surface area contributed by atoms with Crippen molar-refractivity contribution in [1.82, 2.24) is 10.6 Å². The molecule has 0 unspecified atom stereocenters. The van der Waals surface area contributed by atoms with Crippen LogP contribution in [0.4, 0.5) is 14.5 Å². The molecular formula is C27H30Cl3F2N3O4. The van der Waals surface area contributed by atoms with Gasteiger partial charge in [-0.3, -0.25) is 9.59 Å². The minimum atomic E-state index is -1.40. The molecule has 1 saturated carbocycles. The highest BCUT2D eigenvalue weighted by atomic mass is 35.5. The minimum Gasteiger partial charge on any atom is -0.394 e. The van der Waals surface area contributed by atoms with Crippen LogP contribution in [0.2, 0.25) is 10.0 Å². The Morgan fingerprint density at radius 1 is 1.13 bits per heavy atom. The number of hydrogen-bond acceptors (Lipinski definition) is 5. The smallest absolute Gasteiger partial charge is 0.237 e. The number of fused-ring (bicyclic) bond motifs is 2. The highest BCUT2D eigenvalue weighted by molar-refractivity contribution is 6.31. The van der Waals surface area contributed by atoms with Gasteiger partial charge < -0.3 is 26.2 Å². The summed E-state index contributed by atoms with van der Waals surface area (Å²) in [7, 11) is 0. The molecule has 39 heavy (non-hydrogen) atoms. The quantitative estimate of drug-likeness (QED) is 0.328. The summed E-state index contributed by atoms with van der Waals surface area (Å²) < 4.78 is 29.1. The first-order valence-electron chi connectivity index (χ1n) is 12.8. The number of aliphatic hydroxyl groups is 2. The van der Waals surface area contributed by atoms with E-state index in [1.807, 2.05) is 0 Å². The van der Waals surface area contributed by atoms with Crippen molar-refractivity contribution in [1.29, 1.82) is 0 Å². The van der Waals surface area contributed by atoms with E-state index in [9.17, 15) is 23.5 Å². The number of carbonyl (C=O) groups excluding carboxylic acids is 2. The second kappa shape index (κ2) is 11.8. The minimum absolute atomic E-state index is 0. The second-order valence-electron chi connectivity index (χ2n) is 10.4. The first kappa shape index (κ1) is 30.0. The molecule has 5 rings (SSSR count). The molecule has 2 aromatic carbocycles. The van der Waals surface area contributed by atoms with E-state index in [0.29, 0.717) is 16.8 Å². The third kappa shape index (κ3) is 5.13. The van der Waals surface area contributed by atoms with E-state index in [0.717, 1.165) is 25.7 Å². The number of amides is 2. The van der Waals surface area contributed by atoms with E-state index in [2.05, 4.69) is 16.0 Å². The molecule has 5 N–H and O–H groups in total. The van der Waals surface area contributed by atoms with Crippen molar-refractivity contribution in [2.75, 3.05) is 18.5 Å². The van der Waals surface area contributed by atoms with Crippen molar-refractivity contribution in [3.05, 3.63) is 63.1 Å². The normalized spacial score (nSPS) is 26.8. The zero-order valence-electron chi connectivity index (χ0n) is 20.9. The van der Waals surface area contributed by atoms with Gasteiger partial charge in [-0.2, -0.15) is 0 Å². The third-order valence-corrected chi connectivity index (χ3v) is 8.83. The van der Waals surface area contributed by atoms with Crippen LogP contribution in [-0.4, -0.2) is 53.4 Å². The Balaban J connectivity index is 0.00000353. The van der Waals surface area contributed by atoms with Gasteiger partial charge in [0.25, 0.3) is 0 Å². The lowest BCUT2D eigenvalue weighted by Gasteiger charge is -2.37. The number of aliphatic hydroxyl groups excluding tert-OH is 2. The fourth-order valence-corrected chi connectivity index (χ4v) is 6.94. The lowest BCUT2D eigenvalue weighted by atomic mass is 9.62. The maximum atomic E-state index is 14.9. The van der Waals surface area contributed by atoms with Crippen LogP contribution < -0.4 is 16.0 Å². The summed E-state index contributed by atoms with van der Waals surface area (Å²) in [5.41, 5.74) is -0.177. The molecule has 12 heteroatoms. The molecular weight excluding hydrogens is 575 g/mol. The second-order valence-corrected chi connectivity index (χ2v) is 11.2. The summed E-state index contributed by atoms with van der Waals surface area (Å²) in [6.45, 7) is -0.351. The van der Waals surface area contributed by atoms with Crippen molar-refractivity contribution >= 4 is 53.1 Å². The van der Waals surface area contributed by atoms with Crippen molar-refractivity contribution < 1.29 is 28.6 Å². The van der Waals surface area contributed by atoms with Crippen LogP contribution in [0.3, 0.4) is 0 Å². The summed E-state index contributed by atoms with van der Waals surface area (Å²) in [5, 5.41) is 27.6. The molecule has 0 bridgehead atoms. The Kier molecular flexibility index (Phi) is 9.10. The predicted molar refractivity (Wildman–Crippen MR) is 147 cm³/mol. The zero-order valence-corrected chi connectivity index (χ0v) is 23.2. The molecule has 1 aliphatic carbocycles. The number of nitrogens with one attached hydrogen (secondary N) is 3. The van der Waals surface area contributed by atoms with Crippen LogP contribution in [0.25, 0.3) is 0 Å². The molecule has 3 aliphatic rings. The Hall–Kier alpha value is -2.01. The molecule has 2 heterocycles. The van der Waals surface area contributed by atoms with Crippen molar-refractivity contribution in [3.8, 4) is 0 Å². The van der Waals surface area contributed by atoms with E-state index in [1.165, 1.54) is 30.3 Å². The number of anilines is 1. The largest absolute Gasteiger partial charge is 0.394 e. The van der Waals surface area contributed by atoms with E-state index in [4.69, 9.17) is 28.3 Å². The van der Waals surface area contributed by atoms with Gasteiger partial charge in [-0.05, 0) is 60.6 Å². The standard InChI is InChI=1S/C27H29Cl2F2N3O4.ClH/c28-17-9-14(5-6-19(17)30)22-23(25(37)32-8-7-15(36)12-35)34-24(13-3-1-2-4-13)27(22)16-10-20(31)18(29)11-21(16)33-26(27)38;/h5-6,9-11,13,15,22-24,34-36H,1-4,7-8,12H2,(H,32,37)(H,33,38);1H/t15-,22-,23+,24+,27+;/m0./s1. The third-order valence-electron chi connectivity index (χ3n) is 8.25. The number of halogens is 5. The van der Waals surface area contributed by atoms with Gasteiger partial charge in [0.1, 0.15) is 17.0 Å². The predicted octanol–water partition coefficient (Wildman–Crippen LogP) is 4.06. The van der Waals surface area contributed by atoms with Crippen LogP contribution in [0.1, 0.15) is 49.1 Å². The Morgan fingerprint density at radius 2 is 1.82 bits per heavy atom. The number of hydrogen-bond donors (Lipinski definition) is 5. The fourth-order valence-electron chi connectivity index (χ4n) is 6.59. The SMILES string of the molecule is Cl.O=C(NCC[C@H](O)CO)[C@@H]1N[C@H](C2CCCC2)[C@]2(C(=O)Nc3cc(Cl)c(F)cc32)[C@H]1c1ccc(F)c(Cl)c1. The van der Waals surface area contributed by atoms with Crippen molar-refractivity contribution in [3.63, 3.8) is 0 Å². The van der Waals surface area contributed by atoms with Crippen LogP contribution in [-0.2, 0) is 15.0 Å². The molecule has 5 atom stereocenters. The Labute approximate surface area is 241 Å². The van der Waals surface area contributed by atoms with Gasteiger partial charge in [0.2, 0.25) is 11.8 Å². The van der Waals surface area contributed by atoms with Crippen LogP contribution in [0.15, 0.2) is 30.3 Å². The van der Waals surface area contributed by atoms with Gasteiger partial charge in [0.15, 0.2) is 0 Å². The Morgan fingerprint density at radius 3 is 2.49 bits per heavy atom. The van der Waals surface area contributed by atoms with E-state index in [1.54, 1.807) is 0 Å². The first-order chi connectivity index (χ1) is 18.2. The molecule has 2 aromatic rings. The molecule has 212 valence electrons. The first-order valence-corrected chi connectivity index (χ1v) is 13.5. The van der Waals surface area contributed by atoms with Gasteiger partial charge in [0.05, 0.1) is 28.8 Å². The molecule has 7 nitrogen and oxygen atoms in total. The molecule has 0 aromatic heterocycles. The van der Waals surface area contributed by atoms with Gasteiger partial charge in [0, 0.05) is 24.2 Å². The molecule has 2 fully saturated rings. The number of carbonyl (C=O) groups is 2. The maximum absolute atomic E-state index is 14.9. The van der Waals surface area contributed by atoms with Gasteiger partial charge >= 0.3 is 0 Å². The molecule has 1 saturated heterocycles. The lowest BCUT2D eigenvalue weighted by Crippen LogP contribution is -2.51. The van der Waals surface area contributed by atoms with Crippen molar-refractivity contribution in [2.24, 2.45) is 5.92 Å². The Bertz CT molecular complexity index is 1260. The van der Waals surface area contributed by atoms with Gasteiger partial charge in [-0.25, -0.2) is 8.78 Å². The maximum Gasteiger partial charge on any atom is 0.237 e. The van der Waals surface area contributed by atoms with Crippen LogP contribution >= 0.6 is 35.6 Å². The van der Waals surface area contributed by atoms with E-state index >= 15 is 0 Å². The average Bonchev–Trinajstić information content (AvgIpc) is 3.60. The summed E-state index contributed by atoms with van der Waals surface area (Å²) in [6.07, 6.45) is 2.72. The molecule has 1 spiro atoms. The van der Waals surface area contributed by atoms with Crippen LogP contribution in [0.5, 0.6) is 0 Å². The number of benzene rings is 2. The summed E-state index contributed by atoms with van der Waals surface area (Å²) in [6, 6.07) is 5.26. The average molecular weight is 605 g/mol. The highest BCUT2D eigenvalue weighted by Crippen LogP contribution is 2.58. The van der Waals surface area contributed by atoms with Crippen molar-refractivity contribution in [2.45, 2.75) is 61.6 Å². The molecule has 0 radical (unpaired) electrons. The van der Waals surface area contributed by atoms with E-state index < -0.39 is 59.6 Å². The van der Waals surface area contributed by atoms with Gasteiger partial charge in [-0.1, -0.05) is 42.1 Å². The summed E-state index contributed by atoms with van der Waals surface area (Å²) >= 11 is 12.2. The van der Waals surface area contributed by atoms with Crippen LogP contribution in [0, 0.1) is 17.6 Å². The summed E-state index contributed by atoms with van der Waals surface area (Å²) in [4.78, 5) is 27.7.